The van der Waals surface area contributed by atoms with Crippen LogP contribution >= 0.6 is 0 Å². The van der Waals surface area contributed by atoms with Gasteiger partial charge in [0.2, 0.25) is 0 Å². The Morgan fingerprint density at radius 2 is 0.939 bits per heavy atom. The van der Waals surface area contributed by atoms with Crippen molar-refractivity contribution in [2.45, 2.75) is 70.4 Å². The SMILES string of the molecule is CC(C)c1ccc2c(c1)C(O)C(O)c1cc(C3=C4C(=O)NC(c5ccc6c(c5)C(O)C(O)c5cc(C(C)(C)C)ccc5-6)=C4C(=O)N3)ccc1-2. The van der Waals surface area contributed by atoms with Crippen LogP contribution in [-0.4, -0.2) is 32.2 Å². The first-order chi connectivity index (χ1) is 23.2. The molecule has 0 aromatic heterocycles. The number of amides is 2. The van der Waals surface area contributed by atoms with Crippen LogP contribution in [-0.2, 0) is 15.0 Å². The van der Waals surface area contributed by atoms with Gasteiger partial charge in [-0.1, -0.05) is 95.3 Å². The number of fused-ring (bicyclic) bond motifs is 7. The van der Waals surface area contributed by atoms with Crippen molar-refractivity contribution in [3.63, 3.8) is 0 Å². The summed E-state index contributed by atoms with van der Waals surface area (Å²) in [6.07, 6.45) is -4.68. The second-order valence-electron chi connectivity index (χ2n) is 14.8. The summed E-state index contributed by atoms with van der Waals surface area (Å²) < 4.78 is 0. The smallest absolute Gasteiger partial charge is 0.258 e. The van der Waals surface area contributed by atoms with Crippen molar-refractivity contribution < 1.29 is 30.0 Å². The topological polar surface area (TPSA) is 139 Å². The Morgan fingerprint density at radius 1 is 0.551 bits per heavy atom. The van der Waals surface area contributed by atoms with Crippen molar-refractivity contribution in [2.24, 2.45) is 0 Å². The second kappa shape index (κ2) is 10.8. The second-order valence-corrected chi connectivity index (χ2v) is 14.8. The Kier molecular flexibility index (Phi) is 6.94. The van der Waals surface area contributed by atoms with Crippen LogP contribution in [0.3, 0.4) is 0 Å². The highest BCUT2D eigenvalue weighted by Crippen LogP contribution is 2.49. The molecule has 4 unspecified atom stereocenters. The van der Waals surface area contributed by atoms with Gasteiger partial charge >= 0.3 is 0 Å². The van der Waals surface area contributed by atoms with E-state index in [-0.39, 0.29) is 22.5 Å². The van der Waals surface area contributed by atoms with E-state index in [0.29, 0.717) is 44.8 Å². The zero-order valence-corrected chi connectivity index (χ0v) is 27.9. The van der Waals surface area contributed by atoms with Gasteiger partial charge in [-0.15, -0.1) is 0 Å². The highest BCUT2D eigenvalue weighted by molar-refractivity contribution is 6.30. The third kappa shape index (κ3) is 4.66. The van der Waals surface area contributed by atoms with Gasteiger partial charge in [0.25, 0.3) is 11.8 Å². The quantitative estimate of drug-likeness (QED) is 0.161. The van der Waals surface area contributed by atoms with Crippen LogP contribution in [0.15, 0.2) is 83.9 Å². The summed E-state index contributed by atoms with van der Waals surface area (Å²) in [6.45, 7) is 10.4. The van der Waals surface area contributed by atoms with E-state index in [1.807, 2.05) is 48.5 Å². The van der Waals surface area contributed by atoms with Crippen LogP contribution < -0.4 is 10.6 Å². The van der Waals surface area contributed by atoms with Crippen molar-refractivity contribution in [2.75, 3.05) is 0 Å². The summed E-state index contributed by atoms with van der Waals surface area (Å²) >= 11 is 0. The van der Waals surface area contributed by atoms with E-state index in [1.54, 1.807) is 24.3 Å². The van der Waals surface area contributed by atoms with E-state index in [0.717, 1.165) is 33.4 Å². The molecule has 8 rings (SSSR count). The van der Waals surface area contributed by atoms with Gasteiger partial charge in [0.15, 0.2) is 0 Å². The average Bonchev–Trinajstić information content (AvgIpc) is 3.62. The number of hydrogen-bond acceptors (Lipinski definition) is 6. The maximum atomic E-state index is 13.5. The van der Waals surface area contributed by atoms with Gasteiger partial charge in [0.1, 0.15) is 24.4 Å². The Bertz CT molecular complexity index is 2200. The number of nitrogens with one attached hydrogen (secondary N) is 2. The molecule has 2 aliphatic carbocycles. The third-order valence-electron chi connectivity index (χ3n) is 10.5. The van der Waals surface area contributed by atoms with Gasteiger partial charge in [-0.25, -0.2) is 0 Å². The third-order valence-corrected chi connectivity index (χ3v) is 10.5. The van der Waals surface area contributed by atoms with Gasteiger partial charge in [-0.2, -0.15) is 0 Å². The Morgan fingerprint density at radius 3 is 1.37 bits per heavy atom. The largest absolute Gasteiger partial charge is 0.385 e. The fourth-order valence-electron chi connectivity index (χ4n) is 7.66. The molecule has 0 fully saturated rings. The number of aliphatic hydroxyl groups excluding tert-OH is 4. The summed E-state index contributed by atoms with van der Waals surface area (Å²) in [5.41, 5.74) is 9.58. The number of carbonyl (C=O) groups excluding carboxylic acids is 2. The van der Waals surface area contributed by atoms with Gasteiger partial charge in [0.05, 0.1) is 22.5 Å². The van der Waals surface area contributed by atoms with Crippen LogP contribution in [0.4, 0.5) is 0 Å². The molecule has 248 valence electrons. The van der Waals surface area contributed by atoms with Gasteiger partial charge in [-0.3, -0.25) is 9.59 Å². The molecule has 8 nitrogen and oxygen atoms in total. The fraction of sp³-hybridized carbons (Fsp3) is 0.268. The zero-order valence-electron chi connectivity index (χ0n) is 27.9. The van der Waals surface area contributed by atoms with Crippen molar-refractivity contribution in [3.05, 3.63) is 128 Å². The number of benzene rings is 4. The van der Waals surface area contributed by atoms with Gasteiger partial charge in [-0.05, 0) is 90.2 Å². The molecule has 2 amide bonds. The lowest BCUT2D eigenvalue weighted by Crippen LogP contribution is -2.23. The Balaban J connectivity index is 1.20. The molecule has 0 saturated heterocycles. The Hall–Kier alpha value is -4.86. The van der Waals surface area contributed by atoms with E-state index in [4.69, 9.17) is 0 Å². The summed E-state index contributed by atoms with van der Waals surface area (Å²) in [4.78, 5) is 27.0. The zero-order chi connectivity index (χ0) is 34.7. The van der Waals surface area contributed by atoms with Crippen LogP contribution in [0.2, 0.25) is 0 Å². The van der Waals surface area contributed by atoms with Crippen molar-refractivity contribution in [1.82, 2.24) is 10.6 Å². The minimum Gasteiger partial charge on any atom is -0.385 e. The van der Waals surface area contributed by atoms with E-state index in [2.05, 4.69) is 45.3 Å². The molecule has 4 aromatic rings. The fourth-order valence-corrected chi connectivity index (χ4v) is 7.66. The summed E-state index contributed by atoms with van der Waals surface area (Å²) in [7, 11) is 0. The maximum absolute atomic E-state index is 13.5. The Labute approximate surface area is 284 Å². The van der Waals surface area contributed by atoms with E-state index >= 15 is 0 Å². The predicted octanol–water partition coefficient (Wildman–Crippen LogP) is 5.98. The molecule has 49 heavy (non-hydrogen) atoms. The standard InChI is InChI=1S/C41H38N2O6/c1-18(2)19-6-10-23-24-11-7-20(15-28(24)36(45)35(44)27(23)14-19)33-31-32(40(49)42-33)34(43-39(31)48)21-8-12-25-26-13-9-22(41(3,4)5)17-30(26)38(47)37(46)29(25)16-21/h6-18,35-38,44-47H,1-5H3,(H,42,49)(H,43,48). The lowest BCUT2D eigenvalue weighted by atomic mass is 9.77. The lowest BCUT2D eigenvalue weighted by molar-refractivity contribution is -0.117. The monoisotopic (exact) mass is 654 g/mol. The van der Waals surface area contributed by atoms with E-state index in [1.165, 1.54) is 0 Å². The van der Waals surface area contributed by atoms with Crippen molar-refractivity contribution >= 4 is 23.2 Å². The first kappa shape index (κ1) is 31.4. The molecule has 0 saturated carbocycles. The number of carbonyl (C=O) groups is 2. The summed E-state index contributed by atoms with van der Waals surface area (Å²) in [5.74, 6) is -0.651. The van der Waals surface area contributed by atoms with Crippen LogP contribution in [0, 0.1) is 0 Å². The van der Waals surface area contributed by atoms with Crippen LogP contribution in [0.25, 0.3) is 33.6 Å². The molecule has 4 aliphatic rings. The van der Waals surface area contributed by atoms with Crippen LogP contribution in [0.1, 0.15) is 109 Å². The number of aliphatic hydroxyl groups is 4. The average molecular weight is 655 g/mol. The number of hydrogen-bond donors (Lipinski definition) is 6. The molecule has 0 bridgehead atoms. The number of rotatable bonds is 3. The highest BCUT2D eigenvalue weighted by atomic mass is 16.3. The summed E-state index contributed by atoms with van der Waals surface area (Å²) in [5, 5.41) is 50.5. The summed E-state index contributed by atoms with van der Waals surface area (Å²) in [6, 6.07) is 22.6. The molecule has 0 radical (unpaired) electrons. The van der Waals surface area contributed by atoms with Gasteiger partial charge < -0.3 is 31.1 Å². The molecule has 2 aliphatic heterocycles. The molecule has 2 heterocycles. The predicted molar refractivity (Wildman–Crippen MR) is 187 cm³/mol. The highest BCUT2D eigenvalue weighted by Gasteiger charge is 2.42. The van der Waals surface area contributed by atoms with E-state index < -0.39 is 36.2 Å². The van der Waals surface area contributed by atoms with Crippen LogP contribution in [0.5, 0.6) is 0 Å². The van der Waals surface area contributed by atoms with Crippen molar-refractivity contribution in [3.8, 4) is 22.3 Å². The molecule has 4 atom stereocenters. The maximum Gasteiger partial charge on any atom is 0.258 e. The normalized spacial score (nSPS) is 22.4. The molecule has 4 aromatic carbocycles. The molecule has 8 heteroatoms. The molecular formula is C41H38N2O6. The lowest BCUT2D eigenvalue weighted by Gasteiger charge is -2.31. The van der Waals surface area contributed by atoms with E-state index in [9.17, 15) is 30.0 Å². The minimum absolute atomic E-state index is 0.131. The van der Waals surface area contributed by atoms with Crippen molar-refractivity contribution in [1.29, 1.82) is 0 Å². The molecule has 6 N–H and O–H groups in total. The minimum atomic E-state index is -1.21. The molecular weight excluding hydrogens is 616 g/mol. The van der Waals surface area contributed by atoms with Gasteiger partial charge in [0, 0.05) is 0 Å². The first-order valence-corrected chi connectivity index (χ1v) is 16.7. The first-order valence-electron chi connectivity index (χ1n) is 16.7. The molecule has 0 spiro atoms.